The molecule has 78 valence electrons. The number of carboxylic acids is 1. The molecule has 0 aromatic rings. The van der Waals surface area contributed by atoms with Crippen molar-refractivity contribution in [3.63, 3.8) is 0 Å². The van der Waals surface area contributed by atoms with Crippen LogP contribution < -0.4 is 0 Å². The quantitative estimate of drug-likeness (QED) is 0.366. The summed E-state index contributed by atoms with van der Waals surface area (Å²) < 4.78 is 1.61. The lowest BCUT2D eigenvalue weighted by atomic mass is 10.4. The third-order valence-corrected chi connectivity index (χ3v) is 1.39. The van der Waals surface area contributed by atoms with E-state index in [0.717, 1.165) is 25.9 Å². The second-order valence-electron chi connectivity index (χ2n) is 2.54. The molecule has 0 unspecified atom stereocenters. The fourth-order valence-electron chi connectivity index (χ4n) is 0.652. The van der Waals surface area contributed by atoms with E-state index in [1.807, 2.05) is 0 Å². The Kier molecular flexibility index (Phi) is 13.1. The second-order valence-corrected chi connectivity index (χ2v) is 2.86. The Labute approximate surface area is 84.9 Å². The molecule has 0 spiro atoms. The Morgan fingerprint density at radius 1 is 1.38 bits per heavy atom. The van der Waals surface area contributed by atoms with Crippen molar-refractivity contribution in [1.82, 2.24) is 0 Å². The molecule has 0 heterocycles. The van der Waals surface area contributed by atoms with E-state index in [4.69, 9.17) is 10.6 Å². The zero-order valence-electron chi connectivity index (χ0n) is 8.29. The molecule has 0 aromatic carbocycles. The number of thiol groups is 1. The SMILES string of the molecule is CCC[N+](=N)CCC.O=C(O)CS. The molecular formula is C8H19N2O2S+. The van der Waals surface area contributed by atoms with Gasteiger partial charge >= 0.3 is 5.97 Å². The standard InChI is InChI=1S/C6H15N2.C2H4O2S/c1-3-5-8(7)6-4-2;3-2(4)1-5/h7H,3-6H2,1-2H3;5H,1H2,(H,3,4)/q+1;. The van der Waals surface area contributed by atoms with E-state index in [-0.39, 0.29) is 5.75 Å². The number of carbonyl (C=O) groups is 1. The molecule has 2 N–H and O–H groups in total. The number of nitrogens with zero attached hydrogens (tertiary/aromatic N) is 1. The first-order chi connectivity index (χ1) is 6.08. The first-order valence-corrected chi connectivity index (χ1v) is 5.00. The van der Waals surface area contributed by atoms with Gasteiger partial charge in [0.25, 0.3) is 0 Å². The average molecular weight is 207 g/mol. The van der Waals surface area contributed by atoms with E-state index in [9.17, 15) is 4.79 Å². The van der Waals surface area contributed by atoms with Crippen molar-refractivity contribution in [3.05, 3.63) is 0 Å². The van der Waals surface area contributed by atoms with Crippen LogP contribution in [0, 0.1) is 5.53 Å². The van der Waals surface area contributed by atoms with Gasteiger partial charge in [0.1, 0.15) is 0 Å². The summed E-state index contributed by atoms with van der Waals surface area (Å²) in [6.07, 6.45) is 2.17. The molecule has 0 rings (SSSR count). The molecule has 0 atom stereocenters. The van der Waals surface area contributed by atoms with Gasteiger partial charge in [-0.2, -0.15) is 12.6 Å². The molecule has 0 amide bonds. The molecule has 4 nitrogen and oxygen atoms in total. The molecule has 0 saturated carbocycles. The maximum atomic E-state index is 9.29. The number of hydrogen-bond donors (Lipinski definition) is 3. The summed E-state index contributed by atoms with van der Waals surface area (Å²) in [5, 5.41) is 7.65. The van der Waals surface area contributed by atoms with Crippen LogP contribution in [0.4, 0.5) is 0 Å². The van der Waals surface area contributed by atoms with Gasteiger partial charge in [-0.05, 0) is 0 Å². The fourth-order valence-corrected chi connectivity index (χ4v) is 0.652. The minimum Gasteiger partial charge on any atom is -0.481 e. The predicted molar refractivity (Wildman–Crippen MR) is 54.8 cm³/mol. The first-order valence-electron chi connectivity index (χ1n) is 4.37. The Balaban J connectivity index is 0. The van der Waals surface area contributed by atoms with Crippen molar-refractivity contribution in [2.75, 3.05) is 18.8 Å². The van der Waals surface area contributed by atoms with Crippen LogP contribution in [0.15, 0.2) is 0 Å². The fraction of sp³-hybridized carbons (Fsp3) is 0.875. The van der Waals surface area contributed by atoms with Crippen LogP contribution >= 0.6 is 12.6 Å². The topological polar surface area (TPSA) is 64.2 Å². The highest BCUT2D eigenvalue weighted by Crippen LogP contribution is 1.81. The van der Waals surface area contributed by atoms with Crippen molar-refractivity contribution in [1.29, 1.82) is 5.53 Å². The van der Waals surface area contributed by atoms with E-state index in [2.05, 4.69) is 26.5 Å². The highest BCUT2D eigenvalue weighted by molar-refractivity contribution is 7.81. The van der Waals surface area contributed by atoms with Crippen LogP contribution in [0.3, 0.4) is 0 Å². The highest BCUT2D eigenvalue weighted by Gasteiger charge is 1.95. The van der Waals surface area contributed by atoms with Crippen molar-refractivity contribution < 1.29 is 14.6 Å². The van der Waals surface area contributed by atoms with Crippen molar-refractivity contribution in [2.45, 2.75) is 26.7 Å². The Hall–Kier alpha value is -0.580. The minimum atomic E-state index is -0.881. The van der Waals surface area contributed by atoms with Gasteiger partial charge in [0.15, 0.2) is 13.1 Å². The monoisotopic (exact) mass is 207 g/mol. The van der Waals surface area contributed by atoms with Crippen molar-refractivity contribution in [3.8, 4) is 0 Å². The summed E-state index contributed by atoms with van der Waals surface area (Å²) in [5.41, 5.74) is 7.21. The van der Waals surface area contributed by atoms with Crippen LogP contribution in [0.25, 0.3) is 0 Å². The smallest absolute Gasteiger partial charge is 0.313 e. The summed E-state index contributed by atoms with van der Waals surface area (Å²) >= 11 is 3.42. The summed E-state index contributed by atoms with van der Waals surface area (Å²) in [7, 11) is 0. The van der Waals surface area contributed by atoms with E-state index >= 15 is 0 Å². The lowest BCUT2D eigenvalue weighted by Crippen LogP contribution is -2.08. The third-order valence-electron chi connectivity index (χ3n) is 1.12. The average Bonchev–Trinajstić information content (AvgIpc) is 2.06. The summed E-state index contributed by atoms with van der Waals surface area (Å²) in [6, 6.07) is 0. The Morgan fingerprint density at radius 2 is 1.69 bits per heavy atom. The first kappa shape index (κ1) is 14.9. The van der Waals surface area contributed by atoms with Crippen molar-refractivity contribution in [2.24, 2.45) is 0 Å². The third kappa shape index (κ3) is 18.4. The normalized spacial score (nSPS) is 8.54. The number of carboxylic acid groups (broad SMARTS) is 1. The molecule has 0 aromatic heterocycles. The summed E-state index contributed by atoms with van der Waals surface area (Å²) in [4.78, 5) is 9.29. The molecule has 0 aliphatic heterocycles. The Bertz CT molecular complexity index is 143. The molecule has 5 heteroatoms. The summed E-state index contributed by atoms with van der Waals surface area (Å²) in [6.45, 7) is 6.01. The summed E-state index contributed by atoms with van der Waals surface area (Å²) in [5.74, 6) is -0.965. The maximum Gasteiger partial charge on any atom is 0.313 e. The zero-order chi connectivity index (χ0) is 10.7. The number of aliphatic carboxylic acids is 1. The van der Waals surface area contributed by atoms with Gasteiger partial charge in [-0.15, -0.1) is 4.70 Å². The van der Waals surface area contributed by atoms with E-state index in [1.54, 1.807) is 4.70 Å². The molecule has 0 radical (unpaired) electrons. The largest absolute Gasteiger partial charge is 0.481 e. The second kappa shape index (κ2) is 11.4. The molecule has 13 heavy (non-hydrogen) atoms. The van der Waals surface area contributed by atoms with Crippen molar-refractivity contribution >= 4 is 18.6 Å². The molecule has 0 fully saturated rings. The van der Waals surface area contributed by atoms with E-state index in [0.29, 0.717) is 0 Å². The van der Waals surface area contributed by atoms with Crippen LogP contribution in [0.2, 0.25) is 0 Å². The number of hydrogen-bond acceptors (Lipinski definition) is 3. The Morgan fingerprint density at radius 3 is 1.85 bits per heavy atom. The van der Waals surface area contributed by atoms with Gasteiger partial charge in [-0.25, -0.2) is 0 Å². The molecule has 0 aliphatic carbocycles. The lowest BCUT2D eigenvalue weighted by Gasteiger charge is -1.90. The van der Waals surface area contributed by atoms with Gasteiger partial charge in [-0.1, -0.05) is 19.4 Å². The van der Waals surface area contributed by atoms with Crippen LogP contribution in [-0.2, 0) is 4.79 Å². The molecule has 0 saturated heterocycles. The molecule has 0 aliphatic rings. The van der Waals surface area contributed by atoms with Gasteiger partial charge < -0.3 is 5.11 Å². The van der Waals surface area contributed by atoms with E-state index in [1.165, 1.54) is 0 Å². The van der Waals surface area contributed by atoms with Gasteiger partial charge in [-0.3, -0.25) is 4.79 Å². The maximum absolute atomic E-state index is 9.29. The molecular weight excluding hydrogens is 188 g/mol. The zero-order valence-corrected chi connectivity index (χ0v) is 9.18. The van der Waals surface area contributed by atoms with E-state index < -0.39 is 5.97 Å². The lowest BCUT2D eigenvalue weighted by molar-refractivity contribution is -0.614. The number of nitrogens with one attached hydrogen (secondary N) is 1. The predicted octanol–water partition coefficient (Wildman–Crippen LogP) is 1.85. The minimum absolute atomic E-state index is 0.0833. The molecule has 0 bridgehead atoms. The van der Waals surface area contributed by atoms with Crippen LogP contribution in [-0.4, -0.2) is 34.6 Å². The van der Waals surface area contributed by atoms with Crippen LogP contribution in [0.1, 0.15) is 26.7 Å². The van der Waals surface area contributed by atoms with Gasteiger partial charge in [0, 0.05) is 12.8 Å². The van der Waals surface area contributed by atoms with Gasteiger partial charge in [0.05, 0.1) is 5.75 Å². The van der Waals surface area contributed by atoms with Crippen LogP contribution in [0.5, 0.6) is 0 Å². The number of rotatable bonds is 5. The van der Waals surface area contributed by atoms with Gasteiger partial charge in [0.2, 0.25) is 0 Å². The highest BCUT2D eigenvalue weighted by atomic mass is 32.1.